The van der Waals surface area contributed by atoms with Gasteiger partial charge in [0.25, 0.3) is 15.6 Å². The van der Waals surface area contributed by atoms with Crippen molar-refractivity contribution in [1.82, 2.24) is 13.4 Å². The van der Waals surface area contributed by atoms with Crippen LogP contribution in [0.15, 0.2) is 44.9 Å². The van der Waals surface area contributed by atoms with E-state index in [0.717, 1.165) is 19.6 Å². The number of sulfonamides is 1. The first-order valence-electron chi connectivity index (χ1n) is 7.75. The lowest BCUT2D eigenvalue weighted by atomic mass is 10.2. The van der Waals surface area contributed by atoms with Gasteiger partial charge in [-0.2, -0.15) is 4.31 Å². The predicted octanol–water partition coefficient (Wildman–Crippen LogP) is 0.576. The summed E-state index contributed by atoms with van der Waals surface area (Å²) in [5.41, 5.74) is -1.27. The van der Waals surface area contributed by atoms with Crippen LogP contribution < -0.4 is 11.2 Å². The second-order valence-corrected chi connectivity index (χ2v) is 7.98. The summed E-state index contributed by atoms with van der Waals surface area (Å²) in [5.74, 6) is -0.503. The molecule has 0 N–H and O–H groups in total. The molecular formula is C16H18FN3O4S. The molecule has 1 aliphatic carbocycles. The van der Waals surface area contributed by atoms with Crippen LogP contribution in [0.5, 0.6) is 0 Å². The zero-order valence-electron chi connectivity index (χ0n) is 13.8. The zero-order valence-corrected chi connectivity index (χ0v) is 14.7. The minimum atomic E-state index is -4.17. The highest BCUT2D eigenvalue weighted by Gasteiger charge is 2.40. The van der Waals surface area contributed by atoms with Crippen molar-refractivity contribution in [3.05, 3.63) is 62.7 Å². The van der Waals surface area contributed by atoms with Crippen LogP contribution in [0.3, 0.4) is 0 Å². The van der Waals surface area contributed by atoms with Crippen molar-refractivity contribution >= 4 is 10.0 Å². The molecule has 7 nitrogen and oxygen atoms in total. The van der Waals surface area contributed by atoms with E-state index < -0.39 is 32.0 Å². The fourth-order valence-corrected chi connectivity index (χ4v) is 4.46. The van der Waals surface area contributed by atoms with Gasteiger partial charge in [-0.05, 0) is 18.9 Å². The molecule has 1 aromatic carbocycles. The topological polar surface area (TPSA) is 81.4 Å². The number of rotatable bonds is 5. The molecule has 0 atom stereocenters. The minimum absolute atomic E-state index is 0.161. The van der Waals surface area contributed by atoms with Gasteiger partial charge in [0, 0.05) is 38.4 Å². The van der Waals surface area contributed by atoms with Gasteiger partial charge in [0.15, 0.2) is 4.90 Å². The number of hydrogen-bond donors (Lipinski definition) is 0. The van der Waals surface area contributed by atoms with Gasteiger partial charge >= 0.3 is 5.69 Å². The van der Waals surface area contributed by atoms with E-state index in [1.165, 1.54) is 32.3 Å². The second-order valence-electron chi connectivity index (χ2n) is 6.12. The average molecular weight is 367 g/mol. The first kappa shape index (κ1) is 17.6. The fraction of sp³-hybridized carbons (Fsp3) is 0.375. The lowest BCUT2D eigenvalue weighted by Crippen LogP contribution is -2.43. The zero-order chi connectivity index (χ0) is 18.4. The Bertz CT molecular complexity index is 1040. The Labute approximate surface area is 144 Å². The van der Waals surface area contributed by atoms with Gasteiger partial charge in [-0.3, -0.25) is 9.36 Å². The Balaban J connectivity index is 2.10. The third-order valence-electron chi connectivity index (χ3n) is 4.24. The van der Waals surface area contributed by atoms with Gasteiger partial charge in [-0.25, -0.2) is 17.6 Å². The molecule has 0 bridgehead atoms. The maximum absolute atomic E-state index is 14.0. The van der Waals surface area contributed by atoms with Crippen molar-refractivity contribution in [1.29, 1.82) is 0 Å². The summed E-state index contributed by atoms with van der Waals surface area (Å²) < 4.78 is 43.0. The Morgan fingerprint density at radius 2 is 1.84 bits per heavy atom. The number of nitrogens with zero attached hydrogens (tertiary/aromatic N) is 3. The lowest BCUT2D eigenvalue weighted by molar-refractivity contribution is 0.389. The molecule has 9 heteroatoms. The van der Waals surface area contributed by atoms with Crippen LogP contribution >= 0.6 is 0 Å². The Kier molecular flexibility index (Phi) is 4.38. The standard InChI is InChI=1S/C16H18FN3O4S/c1-18-10-14(15(21)19(2)16(18)22)25(23,24)20(12-7-8-12)9-11-5-3-4-6-13(11)17/h3-6,10,12H,7-9H2,1-2H3. The van der Waals surface area contributed by atoms with Crippen LogP contribution in [-0.2, 0) is 30.7 Å². The SMILES string of the molecule is Cn1cc(S(=O)(=O)N(Cc2ccccc2F)C2CC2)c(=O)n(C)c1=O. The highest BCUT2D eigenvalue weighted by Crippen LogP contribution is 2.33. The molecule has 1 saturated carbocycles. The van der Waals surface area contributed by atoms with E-state index in [-0.39, 0.29) is 18.2 Å². The van der Waals surface area contributed by atoms with Crippen LogP contribution in [0, 0.1) is 5.82 Å². The Morgan fingerprint density at radius 3 is 2.44 bits per heavy atom. The van der Waals surface area contributed by atoms with Crippen molar-refractivity contribution in [2.75, 3.05) is 0 Å². The number of hydrogen-bond acceptors (Lipinski definition) is 4. The summed E-state index contributed by atoms with van der Waals surface area (Å²) in [6.45, 7) is -0.161. The van der Waals surface area contributed by atoms with Crippen LogP contribution in [0.25, 0.3) is 0 Å². The number of aromatic nitrogens is 2. The molecule has 1 heterocycles. The van der Waals surface area contributed by atoms with Crippen molar-refractivity contribution in [3.63, 3.8) is 0 Å². The van der Waals surface area contributed by atoms with Gasteiger partial charge in [-0.1, -0.05) is 18.2 Å². The molecule has 0 saturated heterocycles. The van der Waals surface area contributed by atoms with Crippen molar-refractivity contribution in [3.8, 4) is 0 Å². The lowest BCUT2D eigenvalue weighted by Gasteiger charge is -2.22. The summed E-state index contributed by atoms with van der Waals surface area (Å²) in [5, 5.41) is 0. The normalized spacial score (nSPS) is 14.9. The maximum Gasteiger partial charge on any atom is 0.330 e. The van der Waals surface area contributed by atoms with E-state index in [0.29, 0.717) is 12.8 Å². The Morgan fingerprint density at radius 1 is 1.20 bits per heavy atom. The van der Waals surface area contributed by atoms with Crippen molar-refractivity contribution in [2.45, 2.75) is 30.3 Å². The largest absolute Gasteiger partial charge is 0.330 e. The molecule has 0 aliphatic heterocycles. The second kappa shape index (κ2) is 6.23. The minimum Gasteiger partial charge on any atom is -0.302 e. The highest BCUT2D eigenvalue weighted by molar-refractivity contribution is 7.89. The van der Waals surface area contributed by atoms with E-state index in [4.69, 9.17) is 0 Å². The first-order valence-corrected chi connectivity index (χ1v) is 9.19. The quantitative estimate of drug-likeness (QED) is 0.774. The van der Waals surface area contributed by atoms with Crippen molar-refractivity contribution < 1.29 is 12.8 Å². The van der Waals surface area contributed by atoms with Crippen molar-refractivity contribution in [2.24, 2.45) is 14.1 Å². The van der Waals surface area contributed by atoms with E-state index >= 15 is 0 Å². The smallest absolute Gasteiger partial charge is 0.302 e. The number of benzene rings is 1. The highest BCUT2D eigenvalue weighted by atomic mass is 32.2. The summed E-state index contributed by atoms with van der Waals surface area (Å²) in [7, 11) is -1.57. The summed E-state index contributed by atoms with van der Waals surface area (Å²) in [6, 6.07) is 5.66. The molecule has 134 valence electrons. The van der Waals surface area contributed by atoms with Crippen LogP contribution in [0.4, 0.5) is 4.39 Å². The van der Waals surface area contributed by atoms with Crippen LogP contribution in [-0.4, -0.2) is 27.9 Å². The molecular weight excluding hydrogens is 349 g/mol. The van der Waals surface area contributed by atoms with Gasteiger partial charge in [0.05, 0.1) is 0 Å². The average Bonchev–Trinajstić information content (AvgIpc) is 3.39. The summed E-state index contributed by atoms with van der Waals surface area (Å²) >= 11 is 0. The van der Waals surface area contributed by atoms with Crippen LogP contribution in [0.1, 0.15) is 18.4 Å². The summed E-state index contributed by atoms with van der Waals surface area (Å²) in [6.07, 6.45) is 2.33. The predicted molar refractivity (Wildman–Crippen MR) is 89.1 cm³/mol. The van der Waals surface area contributed by atoms with E-state index in [9.17, 15) is 22.4 Å². The molecule has 3 rings (SSSR count). The third-order valence-corrected chi connectivity index (χ3v) is 6.12. The van der Waals surface area contributed by atoms with Gasteiger partial charge in [0.1, 0.15) is 5.82 Å². The maximum atomic E-state index is 14.0. The molecule has 1 aliphatic rings. The fourth-order valence-electron chi connectivity index (χ4n) is 2.65. The monoisotopic (exact) mass is 367 g/mol. The van der Waals surface area contributed by atoms with Gasteiger partial charge in [-0.15, -0.1) is 0 Å². The molecule has 0 unspecified atom stereocenters. The molecule has 1 fully saturated rings. The third kappa shape index (κ3) is 3.16. The molecule has 2 aromatic rings. The molecule has 0 radical (unpaired) electrons. The van der Waals surface area contributed by atoms with Crippen LogP contribution in [0.2, 0.25) is 0 Å². The van der Waals surface area contributed by atoms with E-state index in [2.05, 4.69) is 0 Å². The number of aryl methyl sites for hydroxylation is 1. The van der Waals surface area contributed by atoms with E-state index in [1.54, 1.807) is 6.07 Å². The molecule has 0 amide bonds. The molecule has 25 heavy (non-hydrogen) atoms. The first-order chi connectivity index (χ1) is 11.7. The molecule has 1 aromatic heterocycles. The van der Waals surface area contributed by atoms with E-state index in [1.807, 2.05) is 0 Å². The Hall–Kier alpha value is -2.26. The molecule has 0 spiro atoms. The van der Waals surface area contributed by atoms with Gasteiger partial charge < -0.3 is 4.57 Å². The van der Waals surface area contributed by atoms with Gasteiger partial charge in [0.2, 0.25) is 0 Å². The summed E-state index contributed by atoms with van der Waals surface area (Å²) in [4.78, 5) is 23.6. The number of halogens is 1.